The highest BCUT2D eigenvalue weighted by Gasteiger charge is 2.28. The average Bonchev–Trinajstić information content (AvgIpc) is 2.63. The van der Waals surface area contributed by atoms with E-state index < -0.39 is 7.82 Å². The Morgan fingerprint density at radius 3 is 1.25 bits per heavy atom. The molecule has 4 nitrogen and oxygen atoms in total. The smallest absolute Gasteiger partial charge is 0.395 e. The number of rotatable bonds is 4. The molecule has 3 aromatic carbocycles. The maximum Gasteiger partial charge on any atom is 0.584 e. The summed E-state index contributed by atoms with van der Waals surface area (Å²) in [5, 5.41) is 0. The Balaban J connectivity index is 0.000000336. The summed E-state index contributed by atoms with van der Waals surface area (Å²) in [6.45, 7) is 9.37. The fourth-order valence-corrected chi connectivity index (χ4v) is 3.74. The summed E-state index contributed by atoms with van der Waals surface area (Å²) >= 11 is 0. The van der Waals surface area contributed by atoms with Gasteiger partial charge in [-0.2, -0.15) is 0 Å². The van der Waals surface area contributed by atoms with Crippen molar-refractivity contribution in [1.82, 2.24) is 0 Å². The SMILES string of the molecule is Cc1cccc(C)c1OP(=O)(O)Oc1c(C)cccc1C.Cc1ccccc1. The van der Waals surface area contributed by atoms with Crippen LogP contribution in [0.1, 0.15) is 27.8 Å². The van der Waals surface area contributed by atoms with E-state index in [1.165, 1.54) is 5.56 Å². The summed E-state index contributed by atoms with van der Waals surface area (Å²) in [4.78, 5) is 10.0. The second kappa shape index (κ2) is 9.59. The molecule has 0 aliphatic heterocycles. The number of para-hydroxylation sites is 2. The van der Waals surface area contributed by atoms with E-state index in [-0.39, 0.29) is 0 Å². The lowest BCUT2D eigenvalue weighted by molar-refractivity contribution is 0.288. The fourth-order valence-electron chi connectivity index (χ4n) is 2.67. The average molecular weight is 398 g/mol. The summed E-state index contributed by atoms with van der Waals surface area (Å²) in [5.41, 5.74) is 4.47. The molecule has 0 atom stereocenters. The molecule has 0 amide bonds. The number of phosphoric acid groups is 1. The number of hydrogen-bond donors (Lipinski definition) is 1. The minimum atomic E-state index is -4.24. The van der Waals surface area contributed by atoms with E-state index in [0.717, 1.165) is 22.3 Å². The van der Waals surface area contributed by atoms with Crippen LogP contribution < -0.4 is 9.05 Å². The summed E-state index contributed by atoms with van der Waals surface area (Å²) in [5.74, 6) is 0.768. The zero-order valence-electron chi connectivity index (χ0n) is 17.0. The molecular weight excluding hydrogens is 371 g/mol. The molecule has 5 heteroatoms. The van der Waals surface area contributed by atoms with Crippen LogP contribution in [0.5, 0.6) is 11.5 Å². The van der Waals surface area contributed by atoms with Crippen molar-refractivity contribution in [3.05, 3.63) is 94.5 Å². The topological polar surface area (TPSA) is 55.8 Å². The van der Waals surface area contributed by atoms with Crippen LogP contribution in [0.2, 0.25) is 0 Å². The van der Waals surface area contributed by atoms with E-state index in [1.807, 2.05) is 82.3 Å². The molecule has 0 spiro atoms. The Bertz CT molecular complexity index is 870. The first kappa shape index (κ1) is 21.7. The lowest BCUT2D eigenvalue weighted by Crippen LogP contribution is -2.04. The third-order valence-corrected chi connectivity index (χ3v) is 5.00. The van der Waals surface area contributed by atoms with Crippen LogP contribution in [-0.4, -0.2) is 4.89 Å². The molecule has 148 valence electrons. The number of hydrogen-bond acceptors (Lipinski definition) is 3. The number of aryl methyl sites for hydroxylation is 5. The van der Waals surface area contributed by atoms with Gasteiger partial charge in [0.2, 0.25) is 0 Å². The maximum atomic E-state index is 12.3. The highest BCUT2D eigenvalue weighted by atomic mass is 31.2. The molecule has 1 N–H and O–H groups in total. The molecule has 0 radical (unpaired) electrons. The molecule has 3 aromatic rings. The van der Waals surface area contributed by atoms with Gasteiger partial charge in [0.25, 0.3) is 0 Å². The molecule has 0 saturated heterocycles. The van der Waals surface area contributed by atoms with Crippen LogP contribution >= 0.6 is 7.82 Å². The monoisotopic (exact) mass is 398 g/mol. The zero-order valence-corrected chi connectivity index (χ0v) is 17.9. The first-order valence-corrected chi connectivity index (χ1v) is 10.6. The van der Waals surface area contributed by atoms with Gasteiger partial charge in [-0.15, -0.1) is 0 Å². The first-order chi connectivity index (χ1) is 13.2. The van der Waals surface area contributed by atoms with Crippen LogP contribution in [0, 0.1) is 34.6 Å². The van der Waals surface area contributed by atoms with Gasteiger partial charge in [-0.25, -0.2) is 4.57 Å². The first-order valence-electron chi connectivity index (χ1n) is 9.05. The van der Waals surface area contributed by atoms with Crippen molar-refractivity contribution in [1.29, 1.82) is 0 Å². The minimum Gasteiger partial charge on any atom is -0.395 e. The summed E-state index contributed by atoms with van der Waals surface area (Å²) in [6.07, 6.45) is 0. The Morgan fingerprint density at radius 2 is 0.964 bits per heavy atom. The molecule has 0 aromatic heterocycles. The number of benzene rings is 3. The lowest BCUT2D eigenvalue weighted by Gasteiger charge is -2.18. The molecule has 0 heterocycles. The third kappa shape index (κ3) is 6.26. The molecule has 0 unspecified atom stereocenters. The van der Waals surface area contributed by atoms with Crippen LogP contribution in [-0.2, 0) is 4.57 Å². The van der Waals surface area contributed by atoms with E-state index >= 15 is 0 Å². The van der Waals surface area contributed by atoms with E-state index in [0.29, 0.717) is 11.5 Å². The van der Waals surface area contributed by atoms with Gasteiger partial charge in [0.15, 0.2) is 0 Å². The lowest BCUT2D eigenvalue weighted by atomic mass is 10.1. The molecule has 0 aliphatic carbocycles. The van der Waals surface area contributed by atoms with Crippen molar-refractivity contribution in [3.8, 4) is 11.5 Å². The quantitative estimate of drug-likeness (QED) is 0.512. The van der Waals surface area contributed by atoms with Crippen molar-refractivity contribution in [2.45, 2.75) is 34.6 Å². The molecule has 3 rings (SSSR count). The van der Waals surface area contributed by atoms with Crippen molar-refractivity contribution >= 4 is 7.82 Å². The van der Waals surface area contributed by atoms with Gasteiger partial charge in [0.05, 0.1) is 0 Å². The van der Waals surface area contributed by atoms with Gasteiger partial charge in [0.1, 0.15) is 11.5 Å². The van der Waals surface area contributed by atoms with E-state index in [9.17, 15) is 9.46 Å². The summed E-state index contributed by atoms with van der Waals surface area (Å²) < 4.78 is 22.8. The van der Waals surface area contributed by atoms with E-state index in [4.69, 9.17) is 9.05 Å². The molecule has 28 heavy (non-hydrogen) atoms. The molecule has 0 saturated carbocycles. The van der Waals surface area contributed by atoms with Gasteiger partial charge < -0.3 is 9.05 Å². The Hall–Kier alpha value is -2.55. The fraction of sp³-hybridized carbons (Fsp3) is 0.217. The largest absolute Gasteiger partial charge is 0.584 e. The summed E-state index contributed by atoms with van der Waals surface area (Å²) in [6, 6.07) is 21.3. The molecule has 0 bridgehead atoms. The third-order valence-electron chi connectivity index (χ3n) is 4.17. The van der Waals surface area contributed by atoms with Crippen LogP contribution in [0.4, 0.5) is 0 Å². The van der Waals surface area contributed by atoms with Gasteiger partial charge in [0, 0.05) is 0 Å². The van der Waals surface area contributed by atoms with Crippen molar-refractivity contribution in [2.24, 2.45) is 0 Å². The Morgan fingerprint density at radius 1 is 0.607 bits per heavy atom. The van der Waals surface area contributed by atoms with Crippen molar-refractivity contribution in [3.63, 3.8) is 0 Å². The normalized spacial score (nSPS) is 10.6. The van der Waals surface area contributed by atoms with E-state index in [2.05, 4.69) is 19.1 Å². The van der Waals surface area contributed by atoms with Gasteiger partial charge in [-0.1, -0.05) is 72.3 Å². The Kier molecular flexibility index (Phi) is 7.45. The predicted molar refractivity (Wildman–Crippen MR) is 114 cm³/mol. The maximum absolute atomic E-state index is 12.3. The Labute approximate surface area is 167 Å². The van der Waals surface area contributed by atoms with Crippen molar-refractivity contribution < 1.29 is 18.5 Å². The second-order valence-electron chi connectivity index (χ2n) is 6.75. The second-order valence-corrected chi connectivity index (χ2v) is 8.05. The number of phosphoric ester groups is 1. The van der Waals surface area contributed by atoms with Gasteiger partial charge in [-0.05, 0) is 56.9 Å². The van der Waals surface area contributed by atoms with Crippen LogP contribution in [0.15, 0.2) is 66.7 Å². The predicted octanol–water partition coefficient (Wildman–Crippen LogP) is 6.47. The molecule has 0 fully saturated rings. The highest BCUT2D eigenvalue weighted by Crippen LogP contribution is 2.47. The van der Waals surface area contributed by atoms with Crippen molar-refractivity contribution in [2.75, 3.05) is 0 Å². The standard InChI is InChI=1S/C16H19O4P.C7H8/c1-11-7-5-8-12(2)15(11)19-21(17,18)20-16-13(3)9-6-10-14(16)4;1-7-5-3-2-4-6-7/h5-10H,1-4H3,(H,17,18);2-6H,1H3. The summed E-state index contributed by atoms with van der Waals surface area (Å²) in [7, 11) is -4.24. The minimum absolute atomic E-state index is 0.384. The molecule has 0 aliphatic rings. The van der Waals surface area contributed by atoms with E-state index in [1.54, 1.807) is 0 Å². The molecular formula is C23H27O4P. The highest BCUT2D eigenvalue weighted by molar-refractivity contribution is 7.48. The van der Waals surface area contributed by atoms with Crippen LogP contribution in [0.3, 0.4) is 0 Å². The zero-order chi connectivity index (χ0) is 20.7. The van der Waals surface area contributed by atoms with Crippen LogP contribution in [0.25, 0.3) is 0 Å². The van der Waals surface area contributed by atoms with Gasteiger partial charge in [-0.3, -0.25) is 4.89 Å². The van der Waals surface area contributed by atoms with Gasteiger partial charge >= 0.3 is 7.82 Å².